The van der Waals surface area contributed by atoms with E-state index in [2.05, 4.69) is 9.97 Å². The first-order valence-corrected chi connectivity index (χ1v) is 6.41. The van der Waals surface area contributed by atoms with Gasteiger partial charge in [0.05, 0.1) is 11.5 Å². The van der Waals surface area contributed by atoms with Crippen molar-refractivity contribution in [2.75, 3.05) is 0 Å². The van der Waals surface area contributed by atoms with Crippen LogP contribution in [0.5, 0.6) is 0 Å². The molecule has 5 heteroatoms. The number of nitrogens with one attached hydrogen (secondary N) is 1. The van der Waals surface area contributed by atoms with E-state index in [9.17, 15) is 9.59 Å². The number of imide groups is 1. The van der Waals surface area contributed by atoms with E-state index >= 15 is 0 Å². The second kappa shape index (κ2) is 4.55. The summed E-state index contributed by atoms with van der Waals surface area (Å²) >= 11 is 0. The Balaban J connectivity index is 2.30. The van der Waals surface area contributed by atoms with Crippen LogP contribution in [0.15, 0.2) is 12.4 Å². The first kappa shape index (κ1) is 12.8. The summed E-state index contributed by atoms with van der Waals surface area (Å²) in [5.74, 6) is 0.508. The van der Waals surface area contributed by atoms with Crippen molar-refractivity contribution < 1.29 is 9.59 Å². The maximum atomic E-state index is 12.5. The first-order chi connectivity index (χ1) is 8.55. The Hall–Kier alpha value is -1.65. The van der Waals surface area contributed by atoms with Crippen LogP contribution in [0.1, 0.15) is 51.9 Å². The van der Waals surface area contributed by atoms with Crippen LogP contribution >= 0.6 is 0 Å². The van der Waals surface area contributed by atoms with Crippen LogP contribution in [0.25, 0.3) is 0 Å². The largest absolute Gasteiger partial charge is 0.347 e. The smallest absolute Gasteiger partial charge is 0.236 e. The van der Waals surface area contributed by atoms with Crippen LogP contribution in [0.4, 0.5) is 0 Å². The third-order valence-electron chi connectivity index (χ3n) is 4.09. The number of carbonyl (C=O) groups is 2. The van der Waals surface area contributed by atoms with Crippen LogP contribution in [0, 0.1) is 5.41 Å². The van der Waals surface area contributed by atoms with Gasteiger partial charge in [-0.3, -0.25) is 14.5 Å². The highest BCUT2D eigenvalue weighted by Gasteiger charge is 2.50. The summed E-state index contributed by atoms with van der Waals surface area (Å²) in [7, 11) is 0. The van der Waals surface area contributed by atoms with Gasteiger partial charge < -0.3 is 4.98 Å². The molecule has 0 aromatic carbocycles. The van der Waals surface area contributed by atoms with Gasteiger partial charge in [-0.25, -0.2) is 4.98 Å². The lowest BCUT2D eigenvalue weighted by Gasteiger charge is -2.26. The highest BCUT2D eigenvalue weighted by molar-refractivity contribution is 6.06. The second-order valence-electron chi connectivity index (χ2n) is 4.88. The number of carbonyl (C=O) groups excluding carboxylic acids is 2. The zero-order valence-electron chi connectivity index (χ0n) is 11.1. The van der Waals surface area contributed by atoms with Gasteiger partial charge in [0.15, 0.2) is 0 Å². The first-order valence-electron chi connectivity index (χ1n) is 6.41. The van der Waals surface area contributed by atoms with E-state index < -0.39 is 5.41 Å². The Morgan fingerprint density at radius 3 is 2.56 bits per heavy atom. The number of imidazole rings is 1. The van der Waals surface area contributed by atoms with Crippen molar-refractivity contribution in [3.63, 3.8) is 0 Å². The molecule has 0 bridgehead atoms. The molecule has 98 valence electrons. The van der Waals surface area contributed by atoms with Crippen molar-refractivity contribution in [3.05, 3.63) is 18.2 Å². The third kappa shape index (κ3) is 1.74. The predicted octanol–water partition coefficient (Wildman–Crippen LogP) is 2.04. The molecule has 2 amide bonds. The van der Waals surface area contributed by atoms with Gasteiger partial charge in [-0.05, 0) is 19.8 Å². The number of H-pyrrole nitrogens is 1. The monoisotopic (exact) mass is 249 g/mol. The predicted molar refractivity (Wildman–Crippen MR) is 66.5 cm³/mol. The van der Waals surface area contributed by atoms with Crippen molar-refractivity contribution >= 4 is 11.8 Å². The molecule has 0 radical (unpaired) electrons. The lowest BCUT2D eigenvalue weighted by Crippen LogP contribution is -2.37. The third-order valence-corrected chi connectivity index (χ3v) is 4.09. The molecule has 1 unspecified atom stereocenters. The molecule has 1 saturated heterocycles. The number of aromatic amines is 1. The zero-order chi connectivity index (χ0) is 13.3. The molecule has 1 atom stereocenters. The fourth-order valence-electron chi connectivity index (χ4n) is 2.64. The second-order valence-corrected chi connectivity index (χ2v) is 4.88. The molecule has 0 spiro atoms. The molecule has 2 rings (SSSR count). The number of hydrogen-bond acceptors (Lipinski definition) is 3. The highest BCUT2D eigenvalue weighted by Crippen LogP contribution is 2.42. The topological polar surface area (TPSA) is 66.1 Å². The maximum Gasteiger partial charge on any atom is 0.236 e. The lowest BCUT2D eigenvalue weighted by atomic mass is 9.81. The fourth-order valence-corrected chi connectivity index (χ4v) is 2.64. The van der Waals surface area contributed by atoms with Crippen LogP contribution in [-0.4, -0.2) is 26.7 Å². The van der Waals surface area contributed by atoms with Gasteiger partial charge >= 0.3 is 0 Å². The summed E-state index contributed by atoms with van der Waals surface area (Å²) in [5, 5.41) is 0. The minimum Gasteiger partial charge on any atom is -0.347 e. The molecule has 0 aliphatic carbocycles. The van der Waals surface area contributed by atoms with Crippen molar-refractivity contribution in [2.45, 2.75) is 46.1 Å². The molecule has 5 nitrogen and oxygen atoms in total. The number of aromatic nitrogens is 2. The fraction of sp³-hybridized carbons (Fsp3) is 0.615. The van der Waals surface area contributed by atoms with Gasteiger partial charge in [0.1, 0.15) is 5.82 Å². The summed E-state index contributed by atoms with van der Waals surface area (Å²) in [4.78, 5) is 33.1. The average molecular weight is 249 g/mol. The standard InChI is InChI=1S/C13H19N3O2/c1-4-13(5-2)8-10(17)16(12(13)18)9(3)11-14-6-7-15-11/h6-7,9H,4-5,8H2,1-3H3,(H,14,15). The van der Waals surface area contributed by atoms with Gasteiger partial charge in [0.25, 0.3) is 0 Å². The quantitative estimate of drug-likeness (QED) is 0.830. The number of likely N-dealkylation sites (tertiary alicyclic amines) is 1. The van der Waals surface area contributed by atoms with Crippen molar-refractivity contribution in [1.82, 2.24) is 14.9 Å². The van der Waals surface area contributed by atoms with E-state index in [0.29, 0.717) is 25.1 Å². The van der Waals surface area contributed by atoms with E-state index in [1.54, 1.807) is 12.4 Å². The van der Waals surface area contributed by atoms with Crippen LogP contribution in [0.2, 0.25) is 0 Å². The van der Waals surface area contributed by atoms with E-state index in [1.807, 2.05) is 20.8 Å². The van der Waals surface area contributed by atoms with Crippen LogP contribution in [0.3, 0.4) is 0 Å². The molecular formula is C13H19N3O2. The van der Waals surface area contributed by atoms with E-state index in [1.165, 1.54) is 4.90 Å². The molecule has 1 fully saturated rings. The summed E-state index contributed by atoms with van der Waals surface area (Å²) in [6.45, 7) is 5.77. The van der Waals surface area contributed by atoms with Crippen LogP contribution in [-0.2, 0) is 9.59 Å². The summed E-state index contributed by atoms with van der Waals surface area (Å²) in [5.41, 5.74) is -0.502. The zero-order valence-corrected chi connectivity index (χ0v) is 11.1. The maximum absolute atomic E-state index is 12.5. The molecule has 1 aromatic rings. The molecule has 2 heterocycles. The molecule has 1 aliphatic rings. The van der Waals surface area contributed by atoms with E-state index in [0.717, 1.165) is 0 Å². The molecule has 0 saturated carbocycles. The Morgan fingerprint density at radius 1 is 1.44 bits per heavy atom. The number of nitrogens with zero attached hydrogens (tertiary/aromatic N) is 2. The molecular weight excluding hydrogens is 230 g/mol. The summed E-state index contributed by atoms with van der Waals surface area (Å²) in [6.07, 6.45) is 5.06. The minimum atomic E-state index is -0.502. The number of hydrogen-bond donors (Lipinski definition) is 1. The molecule has 1 aromatic heterocycles. The van der Waals surface area contributed by atoms with Gasteiger partial charge in [-0.15, -0.1) is 0 Å². The van der Waals surface area contributed by atoms with Gasteiger partial charge in [0.2, 0.25) is 11.8 Å². The molecule has 18 heavy (non-hydrogen) atoms. The van der Waals surface area contributed by atoms with Gasteiger partial charge in [-0.1, -0.05) is 13.8 Å². The molecule has 1 aliphatic heterocycles. The Bertz CT molecular complexity index is 449. The number of amides is 2. The Labute approximate surface area is 107 Å². The lowest BCUT2D eigenvalue weighted by molar-refractivity contribution is -0.144. The summed E-state index contributed by atoms with van der Waals surface area (Å²) < 4.78 is 0. The van der Waals surface area contributed by atoms with Crippen molar-refractivity contribution in [2.24, 2.45) is 5.41 Å². The summed E-state index contributed by atoms with van der Waals surface area (Å²) in [6, 6.07) is -0.319. The van der Waals surface area contributed by atoms with Gasteiger partial charge in [-0.2, -0.15) is 0 Å². The van der Waals surface area contributed by atoms with Crippen molar-refractivity contribution in [1.29, 1.82) is 0 Å². The SMILES string of the molecule is CCC1(CC)CC(=O)N(C(C)c2ncc[nH]2)C1=O. The minimum absolute atomic E-state index is 0.0543. The normalized spacial score (nSPS) is 20.5. The highest BCUT2D eigenvalue weighted by atomic mass is 16.2. The van der Waals surface area contributed by atoms with Crippen LogP contribution < -0.4 is 0 Å². The Kier molecular flexibility index (Phi) is 3.24. The average Bonchev–Trinajstić information content (AvgIpc) is 2.96. The van der Waals surface area contributed by atoms with Gasteiger partial charge in [0, 0.05) is 18.8 Å². The number of rotatable bonds is 4. The van der Waals surface area contributed by atoms with E-state index in [-0.39, 0.29) is 17.9 Å². The van der Waals surface area contributed by atoms with Crippen molar-refractivity contribution in [3.8, 4) is 0 Å². The molecule has 1 N–H and O–H groups in total. The van der Waals surface area contributed by atoms with E-state index in [4.69, 9.17) is 0 Å². The Morgan fingerprint density at radius 2 is 2.11 bits per heavy atom.